The maximum Gasteiger partial charge on any atom is 0.253 e. The van der Waals surface area contributed by atoms with Crippen LogP contribution in [0.5, 0.6) is 0 Å². The molecule has 7 nitrogen and oxygen atoms in total. The van der Waals surface area contributed by atoms with Gasteiger partial charge in [0.15, 0.2) is 0 Å². The molecule has 0 aliphatic carbocycles. The van der Waals surface area contributed by atoms with Crippen LogP contribution < -0.4 is 15.5 Å². The number of nitrogens with one attached hydrogen (secondary N) is 2. The molecule has 3 rings (SSSR count). The number of amides is 2. The van der Waals surface area contributed by atoms with Gasteiger partial charge in [-0.3, -0.25) is 9.59 Å². The van der Waals surface area contributed by atoms with E-state index in [1.807, 2.05) is 25.3 Å². The summed E-state index contributed by atoms with van der Waals surface area (Å²) in [5, 5.41) is 6.09. The van der Waals surface area contributed by atoms with Gasteiger partial charge in [0.1, 0.15) is 11.9 Å². The molecule has 1 aliphatic heterocycles. The molecule has 2 atom stereocenters. The van der Waals surface area contributed by atoms with Gasteiger partial charge in [-0.25, -0.2) is 4.98 Å². The summed E-state index contributed by atoms with van der Waals surface area (Å²) in [5.41, 5.74) is 1.25. The Morgan fingerprint density at radius 1 is 1.31 bits per heavy atom. The maximum absolute atomic E-state index is 12.8. The first-order chi connectivity index (χ1) is 15.5. The second-order valence-electron chi connectivity index (χ2n) is 7.66. The van der Waals surface area contributed by atoms with E-state index in [1.54, 1.807) is 42.2 Å². The molecule has 1 aromatic heterocycles. The molecule has 1 aromatic carbocycles. The highest BCUT2D eigenvalue weighted by atomic mass is 35.5. The number of rotatable bonds is 9. The van der Waals surface area contributed by atoms with Gasteiger partial charge in [-0.15, -0.1) is 0 Å². The Morgan fingerprint density at radius 2 is 2.12 bits per heavy atom. The molecular weight excluding hydrogens is 448 g/mol. The van der Waals surface area contributed by atoms with E-state index in [2.05, 4.69) is 20.5 Å². The number of anilines is 1. The minimum Gasteiger partial charge on any atom is -0.375 e. The number of pyridine rings is 1. The second-order valence-corrected chi connectivity index (χ2v) is 9.05. The molecule has 2 amide bonds. The van der Waals surface area contributed by atoms with Crippen molar-refractivity contribution in [1.82, 2.24) is 15.6 Å². The lowest BCUT2D eigenvalue weighted by Gasteiger charge is -2.32. The van der Waals surface area contributed by atoms with Gasteiger partial charge in [-0.1, -0.05) is 29.8 Å². The summed E-state index contributed by atoms with van der Waals surface area (Å²) in [5.74, 6) is 1.06. The summed E-state index contributed by atoms with van der Waals surface area (Å²) < 4.78 is 5.57. The number of halogens is 1. The number of thioether (sulfide) groups is 1. The van der Waals surface area contributed by atoms with Crippen LogP contribution in [0.4, 0.5) is 5.82 Å². The topological polar surface area (TPSA) is 83.6 Å². The Balaban J connectivity index is 1.57. The summed E-state index contributed by atoms with van der Waals surface area (Å²) in [7, 11) is 0. The molecule has 1 saturated heterocycles. The van der Waals surface area contributed by atoms with Crippen LogP contribution in [0.15, 0.2) is 42.6 Å². The van der Waals surface area contributed by atoms with Crippen molar-refractivity contribution in [2.75, 3.05) is 36.6 Å². The average Bonchev–Trinajstić information content (AvgIpc) is 2.80. The Morgan fingerprint density at radius 3 is 2.81 bits per heavy atom. The van der Waals surface area contributed by atoms with Crippen LogP contribution in [-0.4, -0.2) is 60.6 Å². The minimum atomic E-state index is -0.645. The lowest BCUT2D eigenvalue weighted by atomic mass is 10.1. The first-order valence-electron chi connectivity index (χ1n) is 10.6. The van der Waals surface area contributed by atoms with E-state index in [4.69, 9.17) is 16.3 Å². The van der Waals surface area contributed by atoms with Crippen LogP contribution in [0, 0.1) is 0 Å². The third-order valence-electron chi connectivity index (χ3n) is 5.19. The molecule has 2 N–H and O–H groups in total. The van der Waals surface area contributed by atoms with Crippen molar-refractivity contribution in [3.8, 4) is 0 Å². The SMILES string of the molecule is CSCCC(NC(=O)c1ccccc1Cl)C(=O)NCc1ccc(N2CCOC(C)C2)nc1. The van der Waals surface area contributed by atoms with E-state index in [9.17, 15) is 9.59 Å². The van der Waals surface area contributed by atoms with Gasteiger partial charge < -0.3 is 20.3 Å². The molecule has 1 aliphatic rings. The molecule has 2 aromatic rings. The monoisotopic (exact) mass is 476 g/mol. The Kier molecular flexibility index (Phi) is 9.20. The molecule has 0 radical (unpaired) electrons. The molecule has 172 valence electrons. The van der Waals surface area contributed by atoms with E-state index in [1.165, 1.54) is 0 Å². The van der Waals surface area contributed by atoms with E-state index in [-0.39, 0.29) is 17.9 Å². The number of aromatic nitrogens is 1. The van der Waals surface area contributed by atoms with Crippen molar-refractivity contribution >= 4 is 41.0 Å². The first kappa shape index (κ1) is 24.4. The number of hydrogen-bond acceptors (Lipinski definition) is 6. The van der Waals surface area contributed by atoms with Gasteiger partial charge >= 0.3 is 0 Å². The normalized spacial score (nSPS) is 17.0. The van der Waals surface area contributed by atoms with Crippen LogP contribution in [0.3, 0.4) is 0 Å². The van der Waals surface area contributed by atoms with Gasteiger partial charge in [0.05, 0.1) is 23.3 Å². The van der Waals surface area contributed by atoms with E-state index < -0.39 is 6.04 Å². The van der Waals surface area contributed by atoms with Gasteiger partial charge in [-0.2, -0.15) is 11.8 Å². The summed E-state index contributed by atoms with van der Waals surface area (Å²) in [4.78, 5) is 32.2. The standard InChI is InChI=1S/C23H29ClN4O3S/c1-16-15-28(10-11-31-16)21-8-7-17(13-25-21)14-26-23(30)20(9-12-32-2)27-22(29)18-5-3-4-6-19(18)24/h3-8,13,16,20H,9-12,14-15H2,1-2H3,(H,26,30)(H,27,29). The van der Waals surface area contributed by atoms with Gasteiger partial charge in [0.25, 0.3) is 5.91 Å². The molecule has 0 spiro atoms. The molecule has 2 heterocycles. The van der Waals surface area contributed by atoms with Crippen molar-refractivity contribution in [3.05, 3.63) is 58.7 Å². The number of nitrogens with zero attached hydrogens (tertiary/aromatic N) is 2. The predicted molar refractivity (Wildman–Crippen MR) is 129 cm³/mol. The smallest absolute Gasteiger partial charge is 0.253 e. The number of carbonyl (C=O) groups is 2. The maximum atomic E-state index is 12.8. The zero-order chi connectivity index (χ0) is 22.9. The first-order valence-corrected chi connectivity index (χ1v) is 12.4. The second kappa shape index (κ2) is 12.1. The number of ether oxygens (including phenoxy) is 1. The van der Waals surface area contributed by atoms with Crippen LogP contribution in [0.1, 0.15) is 29.3 Å². The van der Waals surface area contributed by atoms with E-state index in [0.29, 0.717) is 30.2 Å². The van der Waals surface area contributed by atoms with Crippen LogP contribution >= 0.6 is 23.4 Å². The highest BCUT2D eigenvalue weighted by molar-refractivity contribution is 7.98. The zero-order valence-corrected chi connectivity index (χ0v) is 19.9. The predicted octanol–water partition coefficient (Wildman–Crippen LogP) is 3.13. The van der Waals surface area contributed by atoms with Gasteiger partial charge in [0.2, 0.25) is 5.91 Å². The third kappa shape index (κ3) is 6.85. The fourth-order valence-corrected chi connectivity index (χ4v) is 4.13. The van der Waals surface area contributed by atoms with Crippen molar-refractivity contribution in [1.29, 1.82) is 0 Å². The lowest BCUT2D eigenvalue weighted by Crippen LogP contribution is -2.47. The molecule has 32 heavy (non-hydrogen) atoms. The molecule has 0 bridgehead atoms. The minimum absolute atomic E-state index is 0.184. The van der Waals surface area contributed by atoms with Crippen LogP contribution in [0.2, 0.25) is 5.02 Å². The number of benzene rings is 1. The molecule has 0 saturated carbocycles. The molecule has 9 heteroatoms. The fourth-order valence-electron chi connectivity index (χ4n) is 3.43. The Labute approximate surface area is 198 Å². The van der Waals surface area contributed by atoms with E-state index >= 15 is 0 Å². The molecular formula is C23H29ClN4O3S. The summed E-state index contributed by atoms with van der Waals surface area (Å²) >= 11 is 7.74. The van der Waals surface area contributed by atoms with Crippen molar-refractivity contribution < 1.29 is 14.3 Å². The summed E-state index contributed by atoms with van der Waals surface area (Å²) in [6.45, 7) is 4.70. The summed E-state index contributed by atoms with van der Waals surface area (Å²) in [6, 6.07) is 10.1. The number of carbonyl (C=O) groups excluding carboxylic acids is 2. The van der Waals surface area contributed by atoms with Crippen molar-refractivity contribution in [2.45, 2.75) is 32.0 Å². The van der Waals surface area contributed by atoms with E-state index in [0.717, 1.165) is 30.2 Å². The van der Waals surface area contributed by atoms with Crippen molar-refractivity contribution in [2.24, 2.45) is 0 Å². The fraction of sp³-hybridized carbons (Fsp3) is 0.435. The Bertz CT molecular complexity index is 912. The lowest BCUT2D eigenvalue weighted by molar-refractivity contribution is -0.123. The quantitative estimate of drug-likeness (QED) is 0.578. The highest BCUT2D eigenvalue weighted by Gasteiger charge is 2.22. The van der Waals surface area contributed by atoms with Gasteiger partial charge in [-0.05, 0) is 49.1 Å². The van der Waals surface area contributed by atoms with Crippen LogP contribution in [0.25, 0.3) is 0 Å². The number of morpholine rings is 1. The molecule has 1 fully saturated rings. The van der Waals surface area contributed by atoms with Crippen molar-refractivity contribution in [3.63, 3.8) is 0 Å². The largest absolute Gasteiger partial charge is 0.375 e. The summed E-state index contributed by atoms with van der Waals surface area (Å²) in [6.07, 6.45) is 4.45. The zero-order valence-electron chi connectivity index (χ0n) is 18.3. The van der Waals surface area contributed by atoms with Gasteiger partial charge in [0, 0.05) is 25.8 Å². The molecule has 2 unspecified atom stereocenters. The Hall–Kier alpha value is -2.29. The average molecular weight is 477 g/mol. The number of hydrogen-bond donors (Lipinski definition) is 2. The third-order valence-corrected chi connectivity index (χ3v) is 6.17. The van der Waals surface area contributed by atoms with Crippen LogP contribution in [-0.2, 0) is 16.1 Å². The highest BCUT2D eigenvalue weighted by Crippen LogP contribution is 2.16.